The minimum Gasteiger partial charge on any atom is -0.497 e. The van der Waals surface area contributed by atoms with E-state index in [1.807, 2.05) is 15.5 Å². The molecule has 2 bridgehead atoms. The maximum atomic E-state index is 13.3. The molecule has 0 aliphatic carbocycles. The Morgan fingerprint density at radius 2 is 1.73 bits per heavy atom. The summed E-state index contributed by atoms with van der Waals surface area (Å²) < 4.78 is 34.5. The lowest BCUT2D eigenvalue weighted by molar-refractivity contribution is -0.139. The second kappa shape index (κ2) is 8.61. The van der Waals surface area contributed by atoms with E-state index < -0.39 is 10.0 Å². The van der Waals surface area contributed by atoms with Crippen molar-refractivity contribution in [3.05, 3.63) is 58.5 Å². The molecule has 0 N–H and O–H groups in total. The molecule has 8 nitrogen and oxygen atoms in total. The fourth-order valence-electron chi connectivity index (χ4n) is 5.57. The summed E-state index contributed by atoms with van der Waals surface area (Å²) in [5.41, 5.74) is 1.06. The van der Waals surface area contributed by atoms with Gasteiger partial charge in [0, 0.05) is 56.3 Å². The quantitative estimate of drug-likeness (QED) is 0.680. The highest BCUT2D eigenvalue weighted by molar-refractivity contribution is 7.89. The SMILES string of the molecule is COc1ccc(S(=O)(=O)N2CCC(C(=O)N3C[C@H]4C[C@H](C3)c3cccc(=O)n3C4)CC2)cc1. The number of piperidine rings is 2. The molecule has 0 spiro atoms. The van der Waals surface area contributed by atoms with Gasteiger partial charge in [0.05, 0.1) is 12.0 Å². The fraction of sp³-hybridized carbons (Fsp3) is 0.500. The largest absolute Gasteiger partial charge is 0.497 e. The minimum absolute atomic E-state index is 0.0346. The lowest BCUT2D eigenvalue weighted by atomic mass is 9.82. The molecule has 5 rings (SSSR count). The first-order valence-electron chi connectivity index (χ1n) is 11.5. The minimum atomic E-state index is -3.59. The standard InChI is InChI=1S/C24H29N3O5S/c1-32-20-5-7-21(8-6-20)33(30,31)26-11-9-18(10-12-26)24(29)25-14-17-13-19(16-25)22-3-2-4-23(28)27(22)15-17/h2-8,17-19H,9-16H2,1H3/t17-,19-/m1/s1. The summed E-state index contributed by atoms with van der Waals surface area (Å²) in [6, 6.07) is 11.8. The number of nitrogens with zero attached hydrogens (tertiary/aromatic N) is 3. The van der Waals surface area contributed by atoms with E-state index in [1.165, 1.54) is 4.31 Å². The second-order valence-corrected chi connectivity index (χ2v) is 11.2. The summed E-state index contributed by atoms with van der Waals surface area (Å²) in [6.45, 7) is 2.63. The zero-order valence-corrected chi connectivity index (χ0v) is 19.5. The fourth-order valence-corrected chi connectivity index (χ4v) is 7.04. The van der Waals surface area contributed by atoms with Crippen molar-refractivity contribution in [2.45, 2.75) is 36.6 Å². The third-order valence-electron chi connectivity index (χ3n) is 7.29. The maximum absolute atomic E-state index is 13.3. The predicted molar refractivity (Wildman–Crippen MR) is 123 cm³/mol. The molecule has 3 aliphatic rings. The molecule has 9 heteroatoms. The zero-order chi connectivity index (χ0) is 23.2. The Bertz CT molecular complexity index is 1200. The highest BCUT2D eigenvalue weighted by Gasteiger charge is 2.39. The van der Waals surface area contributed by atoms with Crippen LogP contribution in [0.15, 0.2) is 52.2 Å². The Hall–Kier alpha value is -2.65. The van der Waals surface area contributed by atoms with Crippen LogP contribution in [0.1, 0.15) is 30.9 Å². The second-order valence-electron chi connectivity index (χ2n) is 9.30. The van der Waals surface area contributed by atoms with Crippen LogP contribution in [0.4, 0.5) is 0 Å². The van der Waals surface area contributed by atoms with Crippen LogP contribution in [0.3, 0.4) is 0 Å². The van der Waals surface area contributed by atoms with Crippen LogP contribution in [-0.2, 0) is 21.4 Å². The van der Waals surface area contributed by atoms with Crippen molar-refractivity contribution < 1.29 is 17.9 Å². The summed E-state index contributed by atoms with van der Waals surface area (Å²) in [4.78, 5) is 27.8. The molecule has 1 aromatic carbocycles. The molecule has 2 aromatic rings. The van der Waals surface area contributed by atoms with E-state index in [-0.39, 0.29) is 34.1 Å². The number of hydrogen-bond acceptors (Lipinski definition) is 5. The van der Waals surface area contributed by atoms with Gasteiger partial charge < -0.3 is 14.2 Å². The van der Waals surface area contributed by atoms with Gasteiger partial charge in [0.2, 0.25) is 15.9 Å². The van der Waals surface area contributed by atoms with Gasteiger partial charge in [0.25, 0.3) is 5.56 Å². The van der Waals surface area contributed by atoms with E-state index in [0.717, 1.165) is 12.1 Å². The van der Waals surface area contributed by atoms with Crippen molar-refractivity contribution in [3.63, 3.8) is 0 Å². The molecule has 176 valence electrons. The van der Waals surface area contributed by atoms with Crippen LogP contribution in [0.5, 0.6) is 5.75 Å². The molecule has 0 unspecified atom stereocenters. The molecule has 2 saturated heterocycles. The Morgan fingerprint density at radius 1 is 1.00 bits per heavy atom. The average molecular weight is 472 g/mol. The Balaban J connectivity index is 1.23. The molecule has 0 saturated carbocycles. The molecule has 2 fully saturated rings. The highest BCUT2D eigenvalue weighted by Crippen LogP contribution is 2.36. The van der Waals surface area contributed by atoms with Gasteiger partial charge in [-0.2, -0.15) is 4.31 Å². The van der Waals surface area contributed by atoms with Gasteiger partial charge in [0.1, 0.15) is 5.75 Å². The Kier molecular flexibility index (Phi) is 5.78. The molecule has 1 amide bonds. The van der Waals surface area contributed by atoms with E-state index in [1.54, 1.807) is 43.5 Å². The summed E-state index contributed by atoms with van der Waals surface area (Å²) in [5.74, 6) is 1.04. The summed E-state index contributed by atoms with van der Waals surface area (Å²) in [7, 11) is -2.05. The van der Waals surface area contributed by atoms with Crippen LogP contribution in [0, 0.1) is 11.8 Å². The number of carbonyl (C=O) groups excluding carboxylic acids is 1. The average Bonchev–Trinajstić information content (AvgIpc) is 2.84. The van der Waals surface area contributed by atoms with Crippen molar-refractivity contribution in [3.8, 4) is 5.75 Å². The van der Waals surface area contributed by atoms with Crippen molar-refractivity contribution in [1.29, 1.82) is 0 Å². The lowest BCUT2D eigenvalue weighted by Crippen LogP contribution is -2.52. The van der Waals surface area contributed by atoms with E-state index in [2.05, 4.69) is 0 Å². The van der Waals surface area contributed by atoms with E-state index in [9.17, 15) is 18.0 Å². The van der Waals surface area contributed by atoms with E-state index in [0.29, 0.717) is 51.3 Å². The molecule has 2 atom stereocenters. The van der Waals surface area contributed by atoms with Crippen molar-refractivity contribution >= 4 is 15.9 Å². The van der Waals surface area contributed by atoms with Gasteiger partial charge in [-0.3, -0.25) is 9.59 Å². The number of hydrogen-bond donors (Lipinski definition) is 0. The van der Waals surface area contributed by atoms with Crippen LogP contribution >= 0.6 is 0 Å². The molecule has 0 radical (unpaired) electrons. The number of benzene rings is 1. The van der Waals surface area contributed by atoms with Crippen LogP contribution in [0.2, 0.25) is 0 Å². The van der Waals surface area contributed by atoms with Crippen LogP contribution < -0.4 is 10.3 Å². The van der Waals surface area contributed by atoms with E-state index in [4.69, 9.17) is 4.74 Å². The third-order valence-corrected chi connectivity index (χ3v) is 9.20. The number of fused-ring (bicyclic) bond motifs is 4. The molecular weight excluding hydrogens is 442 g/mol. The number of amides is 1. The molecule has 33 heavy (non-hydrogen) atoms. The van der Waals surface area contributed by atoms with Gasteiger partial charge >= 0.3 is 0 Å². The third kappa shape index (κ3) is 4.08. The summed E-state index contributed by atoms with van der Waals surface area (Å²) >= 11 is 0. The number of ether oxygens (including phenoxy) is 1. The highest BCUT2D eigenvalue weighted by atomic mass is 32.2. The maximum Gasteiger partial charge on any atom is 0.250 e. The van der Waals surface area contributed by atoms with Crippen LogP contribution in [0.25, 0.3) is 0 Å². The predicted octanol–water partition coefficient (Wildman–Crippen LogP) is 1.90. The van der Waals surface area contributed by atoms with Gasteiger partial charge in [-0.15, -0.1) is 0 Å². The van der Waals surface area contributed by atoms with Crippen molar-refractivity contribution in [1.82, 2.24) is 13.8 Å². The molecule has 3 aliphatic heterocycles. The van der Waals surface area contributed by atoms with Gasteiger partial charge in [0.15, 0.2) is 0 Å². The smallest absolute Gasteiger partial charge is 0.250 e. The summed E-state index contributed by atoms with van der Waals surface area (Å²) in [5, 5.41) is 0. The Morgan fingerprint density at radius 3 is 2.42 bits per heavy atom. The normalized spacial score (nSPS) is 23.7. The van der Waals surface area contributed by atoms with Crippen molar-refractivity contribution in [2.75, 3.05) is 33.3 Å². The number of methoxy groups -OCH3 is 1. The molecule has 4 heterocycles. The Labute approximate surface area is 193 Å². The topological polar surface area (TPSA) is 88.9 Å². The number of aromatic nitrogens is 1. The molecular formula is C24H29N3O5S. The van der Waals surface area contributed by atoms with Crippen LogP contribution in [-0.4, -0.2) is 61.4 Å². The zero-order valence-electron chi connectivity index (χ0n) is 18.7. The van der Waals surface area contributed by atoms with Crippen molar-refractivity contribution in [2.24, 2.45) is 11.8 Å². The number of pyridine rings is 1. The van der Waals surface area contributed by atoms with Gasteiger partial charge in [-0.25, -0.2) is 8.42 Å². The number of rotatable bonds is 4. The first-order chi connectivity index (χ1) is 15.9. The number of likely N-dealkylation sites (tertiary alicyclic amines) is 1. The first kappa shape index (κ1) is 22.2. The monoisotopic (exact) mass is 471 g/mol. The number of carbonyl (C=O) groups is 1. The number of sulfonamides is 1. The lowest BCUT2D eigenvalue weighted by Gasteiger charge is -2.44. The molecule has 1 aromatic heterocycles. The summed E-state index contributed by atoms with van der Waals surface area (Å²) in [6.07, 6.45) is 2.05. The van der Waals surface area contributed by atoms with E-state index >= 15 is 0 Å². The van der Waals surface area contributed by atoms with Gasteiger partial charge in [-0.1, -0.05) is 6.07 Å². The first-order valence-corrected chi connectivity index (χ1v) is 12.9. The van der Waals surface area contributed by atoms with Gasteiger partial charge in [-0.05, 0) is 55.5 Å².